The molecule has 0 saturated carbocycles. The summed E-state index contributed by atoms with van der Waals surface area (Å²) in [4.78, 5) is 11.6. The number of hydrogen-bond acceptors (Lipinski definition) is 4. The molecule has 5 nitrogen and oxygen atoms in total. The maximum atomic E-state index is 11.6. The molecule has 21 heavy (non-hydrogen) atoms. The summed E-state index contributed by atoms with van der Waals surface area (Å²) in [6.45, 7) is 1.65. The van der Waals surface area contributed by atoms with Gasteiger partial charge in [-0.25, -0.2) is 0 Å². The molecule has 0 bridgehead atoms. The summed E-state index contributed by atoms with van der Waals surface area (Å²) >= 11 is 0. The Balaban J connectivity index is 2.04. The van der Waals surface area contributed by atoms with E-state index >= 15 is 0 Å². The van der Waals surface area contributed by atoms with Crippen LogP contribution in [0, 0.1) is 0 Å². The normalized spacial score (nSPS) is 10.4. The fourth-order valence-corrected chi connectivity index (χ4v) is 2.03. The molecule has 1 N–H and O–H groups in total. The van der Waals surface area contributed by atoms with E-state index in [9.17, 15) is 4.79 Å². The second-order valence-corrected chi connectivity index (χ2v) is 4.58. The van der Waals surface area contributed by atoms with Gasteiger partial charge >= 0.3 is 0 Å². The lowest BCUT2D eigenvalue weighted by atomic mass is 10.2. The van der Waals surface area contributed by atoms with Crippen molar-refractivity contribution < 1.29 is 9.47 Å². The highest BCUT2D eigenvalue weighted by atomic mass is 16.5. The Morgan fingerprint density at radius 2 is 2.10 bits per heavy atom. The second kappa shape index (κ2) is 7.50. The van der Waals surface area contributed by atoms with Gasteiger partial charge in [-0.2, -0.15) is 0 Å². The summed E-state index contributed by atoms with van der Waals surface area (Å²) in [5, 5.41) is 3.10. The molecule has 0 spiro atoms. The molecular formula is C16H20N2O3. The predicted octanol–water partition coefficient (Wildman–Crippen LogP) is 1.66. The van der Waals surface area contributed by atoms with Gasteiger partial charge in [-0.3, -0.25) is 4.79 Å². The van der Waals surface area contributed by atoms with Crippen LogP contribution in [0.25, 0.3) is 0 Å². The zero-order valence-electron chi connectivity index (χ0n) is 12.3. The van der Waals surface area contributed by atoms with E-state index in [1.807, 2.05) is 31.3 Å². The van der Waals surface area contributed by atoms with Crippen LogP contribution >= 0.6 is 0 Å². The molecule has 2 aromatic rings. The van der Waals surface area contributed by atoms with Crippen molar-refractivity contribution in [3.8, 4) is 11.5 Å². The number of benzene rings is 1. The minimum atomic E-state index is -0.0257. The van der Waals surface area contributed by atoms with Crippen LogP contribution in [0.5, 0.6) is 11.5 Å². The molecule has 112 valence electrons. The Hall–Kier alpha value is -2.27. The van der Waals surface area contributed by atoms with Crippen LogP contribution in [-0.4, -0.2) is 25.3 Å². The maximum absolute atomic E-state index is 11.6. The van der Waals surface area contributed by atoms with Crippen LogP contribution in [0.15, 0.2) is 47.4 Å². The molecule has 0 radical (unpaired) electrons. The van der Waals surface area contributed by atoms with Gasteiger partial charge in [0.1, 0.15) is 18.1 Å². The highest BCUT2D eigenvalue weighted by molar-refractivity contribution is 5.40. The van der Waals surface area contributed by atoms with Crippen LogP contribution in [0.4, 0.5) is 0 Å². The lowest BCUT2D eigenvalue weighted by Gasteiger charge is -2.13. The average molecular weight is 288 g/mol. The third-order valence-corrected chi connectivity index (χ3v) is 3.13. The molecule has 1 aromatic heterocycles. The highest BCUT2D eigenvalue weighted by Crippen LogP contribution is 2.24. The average Bonchev–Trinajstić information content (AvgIpc) is 2.51. The third kappa shape index (κ3) is 4.10. The molecule has 1 heterocycles. The van der Waals surface area contributed by atoms with E-state index in [4.69, 9.17) is 9.47 Å². The van der Waals surface area contributed by atoms with Crippen LogP contribution in [-0.2, 0) is 13.1 Å². The number of ether oxygens (including phenoxy) is 2. The lowest BCUT2D eigenvalue weighted by Crippen LogP contribution is -2.21. The molecule has 0 aliphatic heterocycles. The van der Waals surface area contributed by atoms with E-state index < -0.39 is 0 Å². The van der Waals surface area contributed by atoms with Gasteiger partial charge in [-0.15, -0.1) is 0 Å². The maximum Gasteiger partial charge on any atom is 0.250 e. The first-order valence-electron chi connectivity index (χ1n) is 6.84. The van der Waals surface area contributed by atoms with Crippen molar-refractivity contribution in [3.63, 3.8) is 0 Å². The van der Waals surface area contributed by atoms with E-state index in [1.165, 1.54) is 6.07 Å². The van der Waals surface area contributed by atoms with Gasteiger partial charge in [0, 0.05) is 30.4 Å². The fraction of sp³-hybridized carbons (Fsp3) is 0.312. The Labute approximate surface area is 124 Å². The summed E-state index contributed by atoms with van der Waals surface area (Å²) in [5.74, 6) is 1.52. The van der Waals surface area contributed by atoms with Gasteiger partial charge in [0.15, 0.2) is 0 Å². The number of methoxy groups -OCH3 is 1. The monoisotopic (exact) mass is 288 g/mol. The topological polar surface area (TPSA) is 52.5 Å². The zero-order chi connectivity index (χ0) is 15.1. The van der Waals surface area contributed by atoms with Crippen molar-refractivity contribution in [2.75, 3.05) is 20.8 Å². The molecule has 5 heteroatoms. The van der Waals surface area contributed by atoms with Crippen LogP contribution in [0.3, 0.4) is 0 Å². The lowest BCUT2D eigenvalue weighted by molar-refractivity contribution is 0.291. The molecule has 0 fully saturated rings. The molecule has 1 aromatic carbocycles. The number of pyridine rings is 1. The molecule has 0 saturated heterocycles. The van der Waals surface area contributed by atoms with Crippen molar-refractivity contribution in [2.24, 2.45) is 0 Å². The molecule has 0 unspecified atom stereocenters. The molecular weight excluding hydrogens is 268 g/mol. The first-order chi connectivity index (χ1) is 10.2. The number of nitrogens with one attached hydrogen (secondary N) is 1. The summed E-state index contributed by atoms with van der Waals surface area (Å²) in [5.41, 5.74) is 1.03. The second-order valence-electron chi connectivity index (χ2n) is 4.58. The summed E-state index contributed by atoms with van der Waals surface area (Å²) in [6.07, 6.45) is 1.76. The van der Waals surface area contributed by atoms with Gasteiger partial charge in [-0.05, 0) is 19.2 Å². The minimum absolute atomic E-state index is 0.0257. The van der Waals surface area contributed by atoms with Gasteiger partial charge in [0.25, 0.3) is 5.56 Å². The van der Waals surface area contributed by atoms with Crippen molar-refractivity contribution in [1.29, 1.82) is 0 Å². The molecule has 2 rings (SSSR count). The number of hydrogen-bond donors (Lipinski definition) is 1. The van der Waals surface area contributed by atoms with E-state index in [2.05, 4.69) is 5.32 Å². The van der Waals surface area contributed by atoms with Gasteiger partial charge in [-0.1, -0.05) is 12.1 Å². The van der Waals surface area contributed by atoms with Crippen molar-refractivity contribution in [3.05, 3.63) is 58.5 Å². The standard InChI is InChI=1S/C16H20N2O3/c1-17-12-13-6-7-14(20-2)11-15(13)21-10-9-18-8-4-3-5-16(18)19/h3-8,11,17H,9-10,12H2,1-2H3. The summed E-state index contributed by atoms with van der Waals surface area (Å²) in [6, 6.07) is 10.8. The number of nitrogens with zero attached hydrogens (tertiary/aromatic N) is 1. The van der Waals surface area contributed by atoms with Crippen LogP contribution < -0.4 is 20.3 Å². The fourth-order valence-electron chi connectivity index (χ4n) is 2.03. The predicted molar refractivity (Wildman–Crippen MR) is 82.0 cm³/mol. The first-order valence-corrected chi connectivity index (χ1v) is 6.84. The smallest absolute Gasteiger partial charge is 0.250 e. The minimum Gasteiger partial charge on any atom is -0.497 e. The third-order valence-electron chi connectivity index (χ3n) is 3.13. The Morgan fingerprint density at radius 1 is 1.24 bits per heavy atom. The molecule has 0 amide bonds. The summed E-state index contributed by atoms with van der Waals surface area (Å²) in [7, 11) is 3.51. The molecule has 0 aliphatic rings. The number of rotatable bonds is 7. The van der Waals surface area contributed by atoms with Crippen molar-refractivity contribution in [1.82, 2.24) is 9.88 Å². The zero-order valence-corrected chi connectivity index (χ0v) is 12.3. The molecule has 0 atom stereocenters. The van der Waals surface area contributed by atoms with E-state index in [1.54, 1.807) is 23.9 Å². The quantitative estimate of drug-likeness (QED) is 0.842. The number of aromatic nitrogens is 1. The van der Waals surface area contributed by atoms with Crippen LogP contribution in [0.2, 0.25) is 0 Å². The SMILES string of the molecule is CNCc1ccc(OC)cc1OCCn1ccccc1=O. The van der Waals surface area contributed by atoms with E-state index in [0.717, 1.165) is 17.1 Å². The Kier molecular flexibility index (Phi) is 5.40. The Morgan fingerprint density at radius 3 is 2.81 bits per heavy atom. The van der Waals surface area contributed by atoms with E-state index in [0.29, 0.717) is 19.7 Å². The highest BCUT2D eigenvalue weighted by Gasteiger charge is 2.05. The van der Waals surface area contributed by atoms with Crippen molar-refractivity contribution >= 4 is 0 Å². The largest absolute Gasteiger partial charge is 0.497 e. The first kappa shape index (κ1) is 15.1. The Bertz CT molecular complexity index is 637. The summed E-state index contributed by atoms with van der Waals surface area (Å²) < 4.78 is 12.7. The van der Waals surface area contributed by atoms with Gasteiger partial charge in [0.05, 0.1) is 13.7 Å². The molecule has 0 aliphatic carbocycles. The van der Waals surface area contributed by atoms with Crippen LogP contribution in [0.1, 0.15) is 5.56 Å². The van der Waals surface area contributed by atoms with Crippen molar-refractivity contribution in [2.45, 2.75) is 13.1 Å². The van der Waals surface area contributed by atoms with E-state index in [-0.39, 0.29) is 5.56 Å². The van der Waals surface area contributed by atoms with Gasteiger partial charge in [0.2, 0.25) is 0 Å². The van der Waals surface area contributed by atoms with Gasteiger partial charge < -0.3 is 19.4 Å².